The average Bonchev–Trinajstić information content (AvgIpc) is 3.41. The number of nitrogens with zero attached hydrogens (tertiary/aromatic N) is 1. The molecule has 4 aliphatic heterocycles. The fourth-order valence-corrected chi connectivity index (χ4v) is 6.71. The fraction of sp³-hybridized carbons (Fsp3) is 0.375. The van der Waals surface area contributed by atoms with E-state index in [1.807, 2.05) is 56.3 Å². The summed E-state index contributed by atoms with van der Waals surface area (Å²) in [6.07, 6.45) is 1.83. The highest BCUT2D eigenvalue weighted by Gasteiger charge is 2.78. The molecule has 4 aliphatic rings. The highest BCUT2D eigenvalue weighted by molar-refractivity contribution is 6.25. The second-order valence-corrected chi connectivity index (χ2v) is 9.14. The van der Waals surface area contributed by atoms with Crippen LogP contribution in [0.2, 0.25) is 0 Å². The maximum Gasteiger partial charge on any atom is 0.291 e. The van der Waals surface area contributed by atoms with Crippen LogP contribution in [-0.2, 0) is 19.9 Å². The Hall–Kier alpha value is -2.99. The first-order valence-electron chi connectivity index (χ1n) is 10.7. The minimum absolute atomic E-state index is 0.000824. The van der Waals surface area contributed by atoms with Gasteiger partial charge in [-0.2, -0.15) is 0 Å². The summed E-state index contributed by atoms with van der Waals surface area (Å²) in [6, 6.07) is 13.4. The fourth-order valence-electron chi connectivity index (χ4n) is 6.71. The number of aryl methyl sites for hydroxylation is 2. The van der Waals surface area contributed by atoms with Gasteiger partial charge in [-0.25, -0.2) is 4.90 Å². The minimum atomic E-state index is -1.01. The summed E-state index contributed by atoms with van der Waals surface area (Å²) in [5.74, 6) is -1.62. The first kappa shape index (κ1) is 17.8. The number of amides is 3. The molecule has 1 unspecified atom stereocenters. The lowest BCUT2D eigenvalue weighted by atomic mass is 9.75. The zero-order valence-electron chi connectivity index (χ0n) is 17.1. The molecule has 30 heavy (non-hydrogen) atoms. The minimum Gasteiger partial charge on any atom is -0.320 e. The molecule has 3 fully saturated rings. The molecule has 4 heterocycles. The zero-order valence-corrected chi connectivity index (χ0v) is 17.1. The van der Waals surface area contributed by atoms with E-state index < -0.39 is 17.4 Å². The van der Waals surface area contributed by atoms with Gasteiger partial charge >= 0.3 is 0 Å². The number of carbonyl (C=O) groups excluding carboxylic acids is 3. The number of fused-ring (bicyclic) bond motifs is 7. The summed E-state index contributed by atoms with van der Waals surface area (Å²) >= 11 is 0. The van der Waals surface area contributed by atoms with Crippen molar-refractivity contribution in [2.45, 2.75) is 38.3 Å². The average molecular weight is 402 g/mol. The van der Waals surface area contributed by atoms with Crippen LogP contribution in [0, 0.1) is 25.7 Å². The number of para-hydroxylation sites is 1. The van der Waals surface area contributed by atoms with Gasteiger partial charge in [-0.1, -0.05) is 35.9 Å². The van der Waals surface area contributed by atoms with Crippen LogP contribution >= 0.6 is 0 Å². The van der Waals surface area contributed by atoms with Crippen molar-refractivity contribution in [2.24, 2.45) is 11.8 Å². The largest absolute Gasteiger partial charge is 0.320 e. The number of benzene rings is 2. The van der Waals surface area contributed by atoms with Crippen molar-refractivity contribution in [1.82, 2.24) is 0 Å². The maximum absolute atomic E-state index is 13.9. The van der Waals surface area contributed by atoms with E-state index in [2.05, 4.69) is 5.32 Å². The second-order valence-electron chi connectivity index (χ2n) is 9.14. The van der Waals surface area contributed by atoms with Crippen molar-refractivity contribution >= 4 is 29.1 Å². The summed E-state index contributed by atoms with van der Waals surface area (Å²) in [4.78, 5) is 43.6. The summed E-state index contributed by atoms with van der Waals surface area (Å²) in [5.41, 5.74) is 3.26. The number of carbonyl (C=O) groups is 3. The van der Waals surface area contributed by atoms with Crippen molar-refractivity contribution in [1.29, 1.82) is 0 Å². The maximum atomic E-state index is 13.9. The van der Waals surface area contributed by atoms with Crippen LogP contribution in [0.4, 0.5) is 11.4 Å². The Kier molecular flexibility index (Phi) is 3.44. The Morgan fingerprint density at radius 1 is 1.07 bits per heavy atom. The van der Waals surface area contributed by atoms with E-state index in [0.717, 1.165) is 46.7 Å². The van der Waals surface area contributed by atoms with Crippen molar-refractivity contribution < 1.29 is 19.3 Å². The Labute approximate surface area is 174 Å². The van der Waals surface area contributed by atoms with Gasteiger partial charge in [-0.3, -0.25) is 14.4 Å². The van der Waals surface area contributed by atoms with Gasteiger partial charge in [-0.05, 0) is 31.5 Å². The smallest absolute Gasteiger partial charge is 0.291 e. The number of imide groups is 1. The van der Waals surface area contributed by atoms with Crippen molar-refractivity contribution in [2.75, 3.05) is 16.8 Å². The van der Waals surface area contributed by atoms with Gasteiger partial charge < -0.3 is 10.2 Å². The lowest BCUT2D eigenvalue weighted by Gasteiger charge is -2.33. The summed E-state index contributed by atoms with van der Waals surface area (Å²) < 4.78 is 0. The molecule has 6 rings (SSSR count). The number of nitrogens with one attached hydrogen (secondary N) is 2. The molecular weight excluding hydrogens is 378 g/mol. The molecule has 6 nitrogen and oxygen atoms in total. The molecule has 1 spiro atoms. The van der Waals surface area contributed by atoms with E-state index in [4.69, 9.17) is 0 Å². The van der Waals surface area contributed by atoms with Crippen molar-refractivity contribution in [3.63, 3.8) is 0 Å². The van der Waals surface area contributed by atoms with Gasteiger partial charge in [0.15, 0.2) is 0 Å². The Morgan fingerprint density at radius 3 is 2.67 bits per heavy atom. The van der Waals surface area contributed by atoms with Gasteiger partial charge in [-0.15, -0.1) is 0 Å². The number of quaternary nitrogens is 1. The Morgan fingerprint density at radius 2 is 1.87 bits per heavy atom. The zero-order chi connectivity index (χ0) is 20.8. The third-order valence-corrected chi connectivity index (χ3v) is 7.72. The second kappa shape index (κ2) is 5.79. The molecule has 0 aliphatic carbocycles. The van der Waals surface area contributed by atoms with Gasteiger partial charge in [0.05, 0.1) is 17.9 Å². The highest BCUT2D eigenvalue weighted by Crippen LogP contribution is 2.52. The molecule has 5 atom stereocenters. The predicted molar refractivity (Wildman–Crippen MR) is 111 cm³/mol. The molecule has 0 radical (unpaired) electrons. The highest BCUT2D eigenvalue weighted by atomic mass is 16.2. The van der Waals surface area contributed by atoms with Crippen LogP contribution in [-0.4, -0.2) is 30.3 Å². The van der Waals surface area contributed by atoms with E-state index in [-0.39, 0.29) is 23.8 Å². The standard InChI is InChI=1S/C24H23N3O3/c1-13-9-10-17(14(2)12-13)27-21(28)19-18-8-5-11-26(18)24(20(19)22(27)29)15-6-3-4-7-16(15)25-23(24)30/h3-4,6-7,9-10,12,18-20H,5,8,11H2,1-2H3,(H,25,30)/p+1/t18-,19+,20-,24-/m1/s1. The molecule has 0 bridgehead atoms. The van der Waals surface area contributed by atoms with Gasteiger partial charge in [0.1, 0.15) is 17.9 Å². The molecule has 2 aromatic carbocycles. The van der Waals surface area contributed by atoms with E-state index in [0.29, 0.717) is 5.69 Å². The quantitative estimate of drug-likeness (QED) is 0.707. The predicted octanol–water partition coefficient (Wildman–Crippen LogP) is 1.32. The molecule has 0 saturated carbocycles. The van der Waals surface area contributed by atoms with Crippen molar-refractivity contribution in [3.8, 4) is 0 Å². The number of hydrogen-bond acceptors (Lipinski definition) is 3. The van der Waals surface area contributed by atoms with Gasteiger partial charge in [0.25, 0.3) is 5.91 Å². The molecular formula is C24H24N3O3+. The van der Waals surface area contributed by atoms with Crippen LogP contribution < -0.4 is 15.1 Å². The lowest BCUT2D eigenvalue weighted by Crippen LogP contribution is -3.19. The first-order chi connectivity index (χ1) is 14.5. The molecule has 152 valence electrons. The Bertz CT molecular complexity index is 1140. The van der Waals surface area contributed by atoms with E-state index in [9.17, 15) is 14.4 Å². The lowest BCUT2D eigenvalue weighted by molar-refractivity contribution is -0.948. The van der Waals surface area contributed by atoms with Crippen LogP contribution in [0.3, 0.4) is 0 Å². The topological polar surface area (TPSA) is 70.9 Å². The number of hydrogen-bond donors (Lipinski definition) is 2. The van der Waals surface area contributed by atoms with Crippen molar-refractivity contribution in [3.05, 3.63) is 59.2 Å². The number of rotatable bonds is 1. The van der Waals surface area contributed by atoms with E-state index >= 15 is 0 Å². The third kappa shape index (κ3) is 1.90. The normalized spacial score (nSPS) is 33.8. The first-order valence-corrected chi connectivity index (χ1v) is 10.7. The van der Waals surface area contributed by atoms with E-state index in [1.54, 1.807) is 0 Å². The molecule has 2 aromatic rings. The molecule has 6 heteroatoms. The SMILES string of the molecule is Cc1ccc(N2C(=O)[C@H]3[C@H]4CCC[NH+]4[C@@]4(C(=O)Nc5ccccc54)[C@H]3C2=O)c(C)c1. The van der Waals surface area contributed by atoms with E-state index in [1.165, 1.54) is 4.90 Å². The molecule has 0 aromatic heterocycles. The summed E-state index contributed by atoms with van der Waals surface area (Å²) in [6.45, 7) is 4.73. The van der Waals surface area contributed by atoms with Crippen LogP contribution in [0.5, 0.6) is 0 Å². The summed E-state index contributed by atoms with van der Waals surface area (Å²) in [7, 11) is 0. The molecule has 3 saturated heterocycles. The van der Waals surface area contributed by atoms with Gasteiger partial charge in [0, 0.05) is 18.4 Å². The van der Waals surface area contributed by atoms with Gasteiger partial charge in [0.2, 0.25) is 17.4 Å². The van der Waals surface area contributed by atoms with Crippen LogP contribution in [0.1, 0.15) is 29.5 Å². The third-order valence-electron chi connectivity index (χ3n) is 7.72. The molecule has 3 amide bonds. The monoisotopic (exact) mass is 402 g/mol. The molecule has 2 N–H and O–H groups in total. The number of anilines is 2. The van der Waals surface area contributed by atoms with Crippen LogP contribution in [0.25, 0.3) is 0 Å². The van der Waals surface area contributed by atoms with Crippen LogP contribution in [0.15, 0.2) is 42.5 Å². The summed E-state index contributed by atoms with van der Waals surface area (Å²) in [5, 5.41) is 3.02. The Balaban J connectivity index is 1.56.